The molecule has 0 atom stereocenters. The van der Waals surface area contributed by atoms with E-state index in [0.29, 0.717) is 12.1 Å². The molecule has 1 aliphatic heterocycles. The summed E-state index contributed by atoms with van der Waals surface area (Å²) in [6.45, 7) is 0.739. The predicted molar refractivity (Wildman–Crippen MR) is 118 cm³/mol. The number of amides is 3. The fourth-order valence-corrected chi connectivity index (χ4v) is 3.80. The van der Waals surface area contributed by atoms with Gasteiger partial charge in [-0.15, -0.1) is 0 Å². The molecule has 0 unspecified atom stereocenters. The highest BCUT2D eigenvalue weighted by atomic mass is 16.5. The average Bonchev–Trinajstić information content (AvgIpc) is 3.10. The van der Waals surface area contributed by atoms with E-state index in [9.17, 15) is 14.4 Å². The van der Waals surface area contributed by atoms with Gasteiger partial charge in [-0.3, -0.25) is 19.3 Å². The Bertz CT molecular complexity index is 1140. The number of benzene rings is 3. The van der Waals surface area contributed by atoms with Crippen LogP contribution in [0, 0.1) is 0 Å². The molecule has 0 bridgehead atoms. The van der Waals surface area contributed by atoms with Gasteiger partial charge in [-0.25, -0.2) is 0 Å². The van der Waals surface area contributed by atoms with E-state index in [1.54, 1.807) is 43.3 Å². The molecule has 4 rings (SSSR count). The summed E-state index contributed by atoms with van der Waals surface area (Å²) in [6, 6.07) is 19.1. The first-order valence-corrected chi connectivity index (χ1v) is 10.2. The standard InChI is InChI=1S/C25H24N2O4/c1-26(15-18-5-8-21-14-22(31-2)10-9-20(21)13-18)25(30)19-6-3-17(4-7-19)16-27-23(28)11-12-24(27)29/h3-10,13-14H,11-12,15-16H2,1-2H3. The van der Waals surface area contributed by atoms with Crippen LogP contribution in [0.4, 0.5) is 0 Å². The van der Waals surface area contributed by atoms with E-state index in [4.69, 9.17) is 4.74 Å². The quantitative estimate of drug-likeness (QED) is 0.574. The van der Waals surface area contributed by atoms with Crippen molar-refractivity contribution in [1.82, 2.24) is 9.80 Å². The van der Waals surface area contributed by atoms with Gasteiger partial charge in [-0.1, -0.05) is 30.3 Å². The van der Waals surface area contributed by atoms with E-state index < -0.39 is 0 Å². The molecule has 1 heterocycles. The van der Waals surface area contributed by atoms with Gasteiger partial charge in [0.25, 0.3) is 5.91 Å². The minimum absolute atomic E-state index is 0.0882. The van der Waals surface area contributed by atoms with Crippen LogP contribution in [0.3, 0.4) is 0 Å². The van der Waals surface area contributed by atoms with Crippen LogP contribution in [0.25, 0.3) is 10.8 Å². The van der Waals surface area contributed by atoms with Crippen molar-refractivity contribution in [1.29, 1.82) is 0 Å². The SMILES string of the molecule is COc1ccc2cc(CN(C)C(=O)c3ccc(CN4C(=O)CCC4=O)cc3)ccc2c1. The minimum Gasteiger partial charge on any atom is -0.497 e. The first-order chi connectivity index (χ1) is 14.9. The maximum atomic E-state index is 12.8. The molecule has 6 heteroatoms. The monoisotopic (exact) mass is 416 g/mol. The third kappa shape index (κ3) is 4.43. The number of nitrogens with zero attached hydrogens (tertiary/aromatic N) is 2. The van der Waals surface area contributed by atoms with Crippen LogP contribution in [0.1, 0.15) is 34.3 Å². The van der Waals surface area contributed by atoms with Gasteiger partial charge in [0, 0.05) is 32.0 Å². The van der Waals surface area contributed by atoms with E-state index in [-0.39, 0.29) is 37.1 Å². The number of hydrogen-bond acceptors (Lipinski definition) is 4. The second kappa shape index (κ2) is 8.60. The Morgan fingerprint density at radius 1 is 0.903 bits per heavy atom. The van der Waals surface area contributed by atoms with E-state index in [0.717, 1.165) is 27.6 Å². The van der Waals surface area contributed by atoms with Crippen LogP contribution < -0.4 is 4.74 Å². The Morgan fingerprint density at radius 2 is 1.52 bits per heavy atom. The molecule has 1 fully saturated rings. The van der Waals surface area contributed by atoms with E-state index >= 15 is 0 Å². The lowest BCUT2D eigenvalue weighted by Crippen LogP contribution is -2.28. The topological polar surface area (TPSA) is 66.9 Å². The summed E-state index contributed by atoms with van der Waals surface area (Å²) in [4.78, 5) is 39.4. The Balaban J connectivity index is 1.42. The van der Waals surface area contributed by atoms with Crippen LogP contribution in [-0.2, 0) is 22.7 Å². The van der Waals surface area contributed by atoms with E-state index in [1.165, 1.54) is 4.90 Å². The molecule has 0 N–H and O–H groups in total. The van der Waals surface area contributed by atoms with Gasteiger partial charge in [0.05, 0.1) is 13.7 Å². The van der Waals surface area contributed by atoms with Crippen LogP contribution in [0.15, 0.2) is 60.7 Å². The summed E-state index contributed by atoms with van der Waals surface area (Å²) in [5, 5.41) is 2.18. The third-order valence-electron chi connectivity index (χ3n) is 5.57. The fourth-order valence-electron chi connectivity index (χ4n) is 3.80. The highest BCUT2D eigenvalue weighted by molar-refractivity contribution is 6.01. The predicted octanol–water partition coefficient (Wildman–Crippen LogP) is 3.77. The Hall–Kier alpha value is -3.67. The van der Waals surface area contributed by atoms with Crippen molar-refractivity contribution in [2.75, 3.05) is 14.2 Å². The number of ether oxygens (including phenoxy) is 1. The number of likely N-dealkylation sites (tertiary alicyclic amines) is 1. The number of methoxy groups -OCH3 is 1. The van der Waals surface area contributed by atoms with E-state index in [2.05, 4.69) is 6.07 Å². The van der Waals surface area contributed by atoms with Crippen molar-refractivity contribution >= 4 is 28.5 Å². The lowest BCUT2D eigenvalue weighted by molar-refractivity contribution is -0.139. The molecule has 1 saturated heterocycles. The fraction of sp³-hybridized carbons (Fsp3) is 0.240. The number of fused-ring (bicyclic) bond motifs is 1. The van der Waals surface area contributed by atoms with Crippen molar-refractivity contribution in [3.8, 4) is 5.75 Å². The van der Waals surface area contributed by atoms with Gasteiger partial charge in [0.1, 0.15) is 5.75 Å². The normalized spacial score (nSPS) is 13.7. The maximum absolute atomic E-state index is 12.8. The summed E-state index contributed by atoms with van der Waals surface area (Å²) >= 11 is 0. The molecule has 158 valence electrons. The van der Waals surface area contributed by atoms with Gasteiger partial charge in [-0.2, -0.15) is 0 Å². The number of rotatable bonds is 6. The van der Waals surface area contributed by atoms with Crippen molar-refractivity contribution in [3.63, 3.8) is 0 Å². The van der Waals surface area contributed by atoms with Crippen LogP contribution in [0.2, 0.25) is 0 Å². The first-order valence-electron chi connectivity index (χ1n) is 10.2. The molecule has 0 radical (unpaired) electrons. The third-order valence-corrected chi connectivity index (χ3v) is 5.57. The zero-order chi connectivity index (χ0) is 22.0. The van der Waals surface area contributed by atoms with Crippen molar-refractivity contribution < 1.29 is 19.1 Å². The Morgan fingerprint density at radius 3 is 2.19 bits per heavy atom. The van der Waals surface area contributed by atoms with Crippen molar-refractivity contribution in [3.05, 3.63) is 77.4 Å². The lowest BCUT2D eigenvalue weighted by atomic mass is 10.1. The molecule has 3 aromatic rings. The molecule has 0 aromatic heterocycles. The van der Waals surface area contributed by atoms with Crippen molar-refractivity contribution in [2.45, 2.75) is 25.9 Å². The molecular formula is C25H24N2O4. The zero-order valence-electron chi connectivity index (χ0n) is 17.6. The Kier molecular flexibility index (Phi) is 5.71. The lowest BCUT2D eigenvalue weighted by Gasteiger charge is -2.18. The summed E-state index contributed by atoms with van der Waals surface area (Å²) in [6.07, 6.45) is 0.561. The Labute approximate surface area is 181 Å². The van der Waals surface area contributed by atoms with Crippen LogP contribution in [-0.4, -0.2) is 41.7 Å². The van der Waals surface area contributed by atoms with Gasteiger partial charge in [-0.05, 0) is 52.2 Å². The highest BCUT2D eigenvalue weighted by Gasteiger charge is 2.28. The summed E-state index contributed by atoms with van der Waals surface area (Å²) < 4.78 is 5.26. The first kappa shape index (κ1) is 20.6. The summed E-state index contributed by atoms with van der Waals surface area (Å²) in [5.74, 6) is 0.446. The summed E-state index contributed by atoms with van der Waals surface area (Å²) in [5.41, 5.74) is 2.43. The molecule has 3 aromatic carbocycles. The number of carbonyl (C=O) groups is 3. The van der Waals surface area contributed by atoms with Gasteiger partial charge >= 0.3 is 0 Å². The number of carbonyl (C=O) groups excluding carboxylic acids is 3. The second-order valence-corrected chi connectivity index (χ2v) is 7.78. The van der Waals surface area contributed by atoms with Crippen LogP contribution in [0.5, 0.6) is 5.75 Å². The summed E-state index contributed by atoms with van der Waals surface area (Å²) in [7, 11) is 3.42. The smallest absolute Gasteiger partial charge is 0.253 e. The van der Waals surface area contributed by atoms with Crippen LogP contribution >= 0.6 is 0 Å². The molecular weight excluding hydrogens is 392 g/mol. The zero-order valence-corrected chi connectivity index (χ0v) is 17.6. The molecule has 6 nitrogen and oxygen atoms in total. The molecule has 0 aliphatic carbocycles. The average molecular weight is 416 g/mol. The van der Waals surface area contributed by atoms with Gasteiger partial charge in [0.15, 0.2) is 0 Å². The molecule has 0 saturated carbocycles. The molecule has 3 amide bonds. The minimum atomic E-state index is -0.140. The maximum Gasteiger partial charge on any atom is 0.253 e. The molecule has 1 aliphatic rings. The number of imide groups is 1. The second-order valence-electron chi connectivity index (χ2n) is 7.78. The van der Waals surface area contributed by atoms with Gasteiger partial charge in [0.2, 0.25) is 11.8 Å². The molecule has 0 spiro atoms. The van der Waals surface area contributed by atoms with E-state index in [1.807, 2.05) is 30.3 Å². The molecule has 31 heavy (non-hydrogen) atoms. The highest BCUT2D eigenvalue weighted by Crippen LogP contribution is 2.23. The number of hydrogen-bond donors (Lipinski definition) is 0. The van der Waals surface area contributed by atoms with Gasteiger partial charge < -0.3 is 9.64 Å². The van der Waals surface area contributed by atoms with Crippen molar-refractivity contribution in [2.24, 2.45) is 0 Å². The largest absolute Gasteiger partial charge is 0.497 e.